The fourth-order valence-corrected chi connectivity index (χ4v) is 2.48. The van der Waals surface area contributed by atoms with Crippen molar-refractivity contribution in [3.8, 4) is 0 Å². The average Bonchev–Trinajstić information content (AvgIpc) is 2.38. The minimum Gasteiger partial charge on any atom is -0.271 e. The fourth-order valence-electron chi connectivity index (χ4n) is 1.96. The third-order valence-corrected chi connectivity index (χ3v) is 3.70. The van der Waals surface area contributed by atoms with E-state index in [0.717, 1.165) is 21.3 Å². The van der Waals surface area contributed by atoms with Gasteiger partial charge in [-0.3, -0.25) is 16.3 Å². The number of nitrogens with two attached hydrogens (primary N) is 1. The molecule has 0 bridgehead atoms. The summed E-state index contributed by atoms with van der Waals surface area (Å²) in [5.74, 6) is 5.37. The molecule has 0 radical (unpaired) electrons. The molecule has 3 N–H and O–H groups in total. The maximum Gasteiger partial charge on any atom is 0.124 e. The van der Waals surface area contributed by atoms with Crippen LogP contribution < -0.4 is 11.3 Å². The molecule has 0 amide bonds. The minimum atomic E-state index is -0.257. The first-order valence-electron chi connectivity index (χ1n) is 5.92. The highest BCUT2D eigenvalue weighted by molar-refractivity contribution is 9.10. The molecule has 1 aromatic heterocycles. The molecule has 0 aliphatic rings. The molecule has 2 aromatic rings. The first-order valence-corrected chi connectivity index (χ1v) is 6.72. The number of hydrazine groups is 1. The van der Waals surface area contributed by atoms with Gasteiger partial charge in [0.1, 0.15) is 5.82 Å². The van der Waals surface area contributed by atoms with Gasteiger partial charge in [0, 0.05) is 16.4 Å². The van der Waals surface area contributed by atoms with Crippen molar-refractivity contribution in [1.29, 1.82) is 0 Å². The number of hydrogen-bond acceptors (Lipinski definition) is 3. The van der Waals surface area contributed by atoms with Gasteiger partial charge in [0.05, 0.1) is 6.04 Å². The Bertz CT molecular complexity index is 574. The van der Waals surface area contributed by atoms with Crippen LogP contribution in [0.1, 0.15) is 22.9 Å². The van der Waals surface area contributed by atoms with Crippen molar-refractivity contribution in [2.24, 2.45) is 5.84 Å². The lowest BCUT2D eigenvalue weighted by atomic mass is 10.00. The molecular weight excluding hydrogens is 309 g/mol. The first-order chi connectivity index (χ1) is 9.10. The zero-order chi connectivity index (χ0) is 13.8. The van der Waals surface area contributed by atoms with Crippen molar-refractivity contribution in [2.45, 2.75) is 19.4 Å². The second-order valence-electron chi connectivity index (χ2n) is 4.39. The van der Waals surface area contributed by atoms with Crippen LogP contribution in [-0.2, 0) is 6.42 Å². The van der Waals surface area contributed by atoms with E-state index in [0.29, 0.717) is 6.42 Å². The predicted octanol–water partition coefficient (Wildman–Crippen LogP) is 3.04. The lowest BCUT2D eigenvalue weighted by Gasteiger charge is -2.17. The molecule has 1 heterocycles. The van der Waals surface area contributed by atoms with Crippen LogP contribution in [0.3, 0.4) is 0 Å². The second-order valence-corrected chi connectivity index (χ2v) is 5.24. The molecule has 0 fully saturated rings. The highest BCUT2D eigenvalue weighted by Crippen LogP contribution is 2.24. The molecule has 0 saturated heterocycles. The Morgan fingerprint density at radius 3 is 2.79 bits per heavy atom. The number of pyridine rings is 1. The lowest BCUT2D eigenvalue weighted by molar-refractivity contribution is 0.549. The van der Waals surface area contributed by atoms with E-state index < -0.39 is 0 Å². The molecule has 1 aromatic carbocycles. The van der Waals surface area contributed by atoms with E-state index >= 15 is 0 Å². The van der Waals surface area contributed by atoms with E-state index in [-0.39, 0.29) is 11.9 Å². The Kier molecular flexibility index (Phi) is 4.63. The third kappa shape index (κ3) is 3.59. The van der Waals surface area contributed by atoms with E-state index in [9.17, 15) is 4.39 Å². The summed E-state index contributed by atoms with van der Waals surface area (Å²) in [5.41, 5.74) is 5.79. The van der Waals surface area contributed by atoms with Gasteiger partial charge < -0.3 is 0 Å². The second kappa shape index (κ2) is 6.23. The number of benzene rings is 1. The SMILES string of the molecule is Cc1cc(C(Cc2ccc(F)cc2Br)NN)ccn1. The molecular formula is C14H15BrFN3. The van der Waals surface area contributed by atoms with Crippen LogP contribution in [-0.4, -0.2) is 4.98 Å². The standard InChI is InChI=1S/C14H15BrFN3/c1-9-6-11(4-5-18-9)14(19-17)7-10-2-3-12(16)8-13(10)15/h2-6,8,14,19H,7,17H2,1H3. The molecule has 2 rings (SSSR count). The van der Waals surface area contributed by atoms with Gasteiger partial charge >= 0.3 is 0 Å². The lowest BCUT2D eigenvalue weighted by Crippen LogP contribution is -2.29. The first kappa shape index (κ1) is 14.1. The molecule has 19 heavy (non-hydrogen) atoms. The van der Waals surface area contributed by atoms with E-state index in [1.807, 2.05) is 19.1 Å². The number of aryl methyl sites for hydroxylation is 1. The summed E-state index contributed by atoms with van der Waals surface area (Å²) in [6.07, 6.45) is 2.43. The van der Waals surface area contributed by atoms with Gasteiger partial charge in [-0.1, -0.05) is 22.0 Å². The van der Waals surface area contributed by atoms with Gasteiger partial charge in [0.15, 0.2) is 0 Å². The number of nitrogens with zero attached hydrogens (tertiary/aromatic N) is 1. The Hall–Kier alpha value is -1.30. The summed E-state index contributed by atoms with van der Waals surface area (Å²) in [7, 11) is 0. The Labute approximate surface area is 120 Å². The summed E-state index contributed by atoms with van der Waals surface area (Å²) in [5, 5.41) is 0. The predicted molar refractivity (Wildman–Crippen MR) is 76.8 cm³/mol. The number of halogens is 2. The summed E-state index contributed by atoms with van der Waals surface area (Å²) in [4.78, 5) is 4.17. The summed E-state index contributed by atoms with van der Waals surface area (Å²) in [6.45, 7) is 1.94. The van der Waals surface area contributed by atoms with Crippen LogP contribution in [0.2, 0.25) is 0 Å². The largest absolute Gasteiger partial charge is 0.271 e. The van der Waals surface area contributed by atoms with Crippen molar-refractivity contribution in [2.75, 3.05) is 0 Å². The smallest absolute Gasteiger partial charge is 0.124 e. The van der Waals surface area contributed by atoms with Crippen molar-refractivity contribution in [1.82, 2.24) is 10.4 Å². The zero-order valence-corrected chi connectivity index (χ0v) is 12.1. The monoisotopic (exact) mass is 323 g/mol. The Morgan fingerprint density at radius 1 is 1.37 bits per heavy atom. The van der Waals surface area contributed by atoms with Gasteiger partial charge in [-0.05, 0) is 48.7 Å². The van der Waals surface area contributed by atoms with E-state index in [2.05, 4.69) is 26.3 Å². The van der Waals surface area contributed by atoms with Crippen LogP contribution in [0.5, 0.6) is 0 Å². The van der Waals surface area contributed by atoms with E-state index in [1.165, 1.54) is 12.1 Å². The molecule has 1 unspecified atom stereocenters. The zero-order valence-electron chi connectivity index (χ0n) is 10.5. The number of rotatable bonds is 4. The van der Waals surface area contributed by atoms with Gasteiger partial charge in [0.2, 0.25) is 0 Å². The van der Waals surface area contributed by atoms with Crippen molar-refractivity contribution >= 4 is 15.9 Å². The van der Waals surface area contributed by atoms with Gasteiger partial charge in [0.25, 0.3) is 0 Å². The van der Waals surface area contributed by atoms with Crippen molar-refractivity contribution in [3.05, 3.63) is 63.6 Å². The number of aromatic nitrogens is 1. The maximum atomic E-state index is 13.1. The Morgan fingerprint density at radius 2 is 2.16 bits per heavy atom. The molecule has 0 saturated carbocycles. The maximum absolute atomic E-state index is 13.1. The molecule has 100 valence electrons. The summed E-state index contributed by atoms with van der Waals surface area (Å²) >= 11 is 3.37. The summed E-state index contributed by atoms with van der Waals surface area (Å²) < 4.78 is 13.8. The van der Waals surface area contributed by atoms with E-state index in [4.69, 9.17) is 5.84 Å². The summed E-state index contributed by atoms with van der Waals surface area (Å²) in [6, 6.07) is 8.55. The van der Waals surface area contributed by atoms with Crippen LogP contribution in [0.15, 0.2) is 41.0 Å². The van der Waals surface area contributed by atoms with Crippen LogP contribution >= 0.6 is 15.9 Å². The van der Waals surface area contributed by atoms with Gasteiger partial charge in [-0.15, -0.1) is 0 Å². The Balaban J connectivity index is 2.24. The molecule has 3 nitrogen and oxygen atoms in total. The van der Waals surface area contributed by atoms with E-state index in [1.54, 1.807) is 12.3 Å². The molecule has 5 heteroatoms. The number of hydrogen-bond donors (Lipinski definition) is 2. The average molecular weight is 324 g/mol. The van der Waals surface area contributed by atoms with Crippen LogP contribution in [0.4, 0.5) is 4.39 Å². The van der Waals surface area contributed by atoms with Crippen molar-refractivity contribution in [3.63, 3.8) is 0 Å². The van der Waals surface area contributed by atoms with Crippen LogP contribution in [0, 0.1) is 12.7 Å². The molecule has 0 aliphatic heterocycles. The molecule has 1 atom stereocenters. The van der Waals surface area contributed by atoms with Crippen LogP contribution in [0.25, 0.3) is 0 Å². The number of nitrogens with one attached hydrogen (secondary N) is 1. The van der Waals surface area contributed by atoms with Gasteiger partial charge in [-0.25, -0.2) is 4.39 Å². The fraction of sp³-hybridized carbons (Fsp3) is 0.214. The van der Waals surface area contributed by atoms with Gasteiger partial charge in [-0.2, -0.15) is 0 Å². The van der Waals surface area contributed by atoms with Crippen molar-refractivity contribution < 1.29 is 4.39 Å². The molecule has 0 aliphatic carbocycles. The topological polar surface area (TPSA) is 50.9 Å². The third-order valence-electron chi connectivity index (χ3n) is 2.96. The normalized spacial score (nSPS) is 12.4. The highest BCUT2D eigenvalue weighted by atomic mass is 79.9. The minimum absolute atomic E-state index is 0.0385. The molecule has 0 spiro atoms. The highest BCUT2D eigenvalue weighted by Gasteiger charge is 2.13. The quantitative estimate of drug-likeness (QED) is 0.671.